The van der Waals surface area contributed by atoms with E-state index in [1.54, 1.807) is 11.3 Å². The molecule has 0 unspecified atom stereocenters. The molecule has 1 atom stereocenters. The average Bonchev–Trinajstić information content (AvgIpc) is 3.05. The van der Waals surface area contributed by atoms with Gasteiger partial charge in [0.15, 0.2) is 0 Å². The molecule has 1 heterocycles. The molecule has 28 heavy (non-hydrogen) atoms. The van der Waals surface area contributed by atoms with Crippen LogP contribution in [0.2, 0.25) is 0 Å². The molecule has 0 saturated heterocycles. The molecule has 0 spiro atoms. The molecule has 0 fully saturated rings. The minimum atomic E-state index is -0.410. The summed E-state index contributed by atoms with van der Waals surface area (Å²) in [6.07, 6.45) is 3.01. The monoisotopic (exact) mass is 386 g/mol. The van der Waals surface area contributed by atoms with Crippen molar-refractivity contribution in [3.05, 3.63) is 87.8 Å². The maximum atomic E-state index is 13.3. The number of nitrogens with one attached hydrogen (secondary N) is 1. The summed E-state index contributed by atoms with van der Waals surface area (Å²) in [5.74, 6) is 0.121. The third-order valence-electron chi connectivity index (χ3n) is 5.39. The van der Waals surface area contributed by atoms with Crippen LogP contribution in [0.4, 0.5) is 5.00 Å². The first kappa shape index (κ1) is 18.5. The van der Waals surface area contributed by atoms with Gasteiger partial charge in [-0.25, -0.2) is 0 Å². The Hall–Kier alpha value is -2.90. The molecule has 0 bridgehead atoms. The van der Waals surface area contributed by atoms with Crippen LogP contribution in [-0.2, 0) is 17.6 Å². The first-order chi connectivity index (χ1) is 13.7. The van der Waals surface area contributed by atoms with E-state index in [4.69, 9.17) is 0 Å². The van der Waals surface area contributed by atoms with E-state index in [1.807, 2.05) is 60.7 Å². The van der Waals surface area contributed by atoms with Gasteiger partial charge in [-0.2, -0.15) is 5.26 Å². The zero-order valence-electron chi connectivity index (χ0n) is 15.8. The highest BCUT2D eigenvalue weighted by atomic mass is 32.1. The number of thiophene rings is 1. The number of nitriles is 1. The van der Waals surface area contributed by atoms with Gasteiger partial charge in [0, 0.05) is 4.88 Å². The molecule has 4 heteroatoms. The Morgan fingerprint density at radius 3 is 2.29 bits per heavy atom. The summed E-state index contributed by atoms with van der Waals surface area (Å²) >= 11 is 1.57. The number of anilines is 1. The van der Waals surface area contributed by atoms with Crippen molar-refractivity contribution in [2.45, 2.75) is 32.1 Å². The van der Waals surface area contributed by atoms with E-state index in [-0.39, 0.29) is 5.91 Å². The van der Waals surface area contributed by atoms with Gasteiger partial charge < -0.3 is 5.32 Å². The standard InChI is InChI=1S/C24H22N2OS/c1-16-12-13-19-20(15-25)24(28-21(19)14-16)26-23(27)22(17-8-4-2-5-9-17)18-10-6-3-7-11-18/h2-11,16,22H,12-14H2,1H3,(H,26,27)/t16-/m1/s1. The lowest BCUT2D eigenvalue weighted by molar-refractivity contribution is -0.116. The number of fused-ring (bicyclic) bond motifs is 1. The third-order valence-corrected chi connectivity index (χ3v) is 6.56. The zero-order chi connectivity index (χ0) is 19.5. The summed E-state index contributed by atoms with van der Waals surface area (Å²) in [5.41, 5.74) is 3.68. The Labute approximate surface area is 169 Å². The van der Waals surface area contributed by atoms with Gasteiger partial charge in [0.05, 0.1) is 11.5 Å². The van der Waals surface area contributed by atoms with E-state index in [9.17, 15) is 10.1 Å². The smallest absolute Gasteiger partial charge is 0.237 e. The minimum absolute atomic E-state index is 0.0967. The quantitative estimate of drug-likeness (QED) is 0.642. The number of hydrogen-bond acceptors (Lipinski definition) is 3. The van der Waals surface area contributed by atoms with E-state index in [0.717, 1.165) is 36.0 Å². The molecule has 4 rings (SSSR count). The molecule has 3 nitrogen and oxygen atoms in total. The second-order valence-corrected chi connectivity index (χ2v) is 8.52. The van der Waals surface area contributed by atoms with E-state index in [1.165, 1.54) is 4.88 Å². The Balaban J connectivity index is 1.69. The third kappa shape index (κ3) is 3.58. The van der Waals surface area contributed by atoms with Crippen LogP contribution >= 0.6 is 11.3 Å². The fourth-order valence-corrected chi connectivity index (χ4v) is 5.29. The summed E-state index contributed by atoms with van der Waals surface area (Å²) < 4.78 is 0. The Bertz CT molecular complexity index is 979. The van der Waals surface area contributed by atoms with Crippen molar-refractivity contribution in [2.75, 3.05) is 5.32 Å². The number of carbonyl (C=O) groups is 1. The molecular formula is C24H22N2OS. The van der Waals surface area contributed by atoms with Crippen LogP contribution in [0.15, 0.2) is 60.7 Å². The van der Waals surface area contributed by atoms with Gasteiger partial charge in [-0.15, -0.1) is 11.3 Å². The number of amides is 1. The number of benzene rings is 2. The topological polar surface area (TPSA) is 52.9 Å². The van der Waals surface area contributed by atoms with Gasteiger partial charge in [0.2, 0.25) is 5.91 Å². The van der Waals surface area contributed by atoms with E-state index >= 15 is 0 Å². The molecule has 1 aliphatic carbocycles. The normalized spacial score (nSPS) is 15.7. The summed E-state index contributed by atoms with van der Waals surface area (Å²) in [7, 11) is 0. The lowest BCUT2D eigenvalue weighted by Gasteiger charge is -2.17. The van der Waals surface area contributed by atoms with Crippen LogP contribution in [0.3, 0.4) is 0 Å². The minimum Gasteiger partial charge on any atom is -0.316 e. The SMILES string of the molecule is C[C@@H]1CCc2c(sc(NC(=O)C(c3ccccc3)c3ccccc3)c2C#N)C1. The molecule has 1 aromatic heterocycles. The van der Waals surface area contributed by atoms with Crippen molar-refractivity contribution in [3.8, 4) is 6.07 Å². The van der Waals surface area contributed by atoms with Crippen molar-refractivity contribution in [1.82, 2.24) is 0 Å². The van der Waals surface area contributed by atoms with Crippen LogP contribution in [0, 0.1) is 17.2 Å². The second kappa shape index (κ2) is 8.00. The largest absolute Gasteiger partial charge is 0.316 e. The van der Waals surface area contributed by atoms with Crippen molar-refractivity contribution in [2.24, 2.45) is 5.92 Å². The van der Waals surface area contributed by atoms with Crippen molar-refractivity contribution >= 4 is 22.2 Å². The predicted molar refractivity (Wildman–Crippen MR) is 114 cm³/mol. The maximum absolute atomic E-state index is 13.3. The van der Waals surface area contributed by atoms with E-state index in [2.05, 4.69) is 18.3 Å². The summed E-state index contributed by atoms with van der Waals surface area (Å²) in [4.78, 5) is 14.6. The zero-order valence-corrected chi connectivity index (χ0v) is 16.6. The van der Waals surface area contributed by atoms with E-state index < -0.39 is 5.92 Å². The van der Waals surface area contributed by atoms with Gasteiger partial charge in [0.25, 0.3) is 0 Å². The number of carbonyl (C=O) groups excluding carboxylic acids is 1. The van der Waals surface area contributed by atoms with Gasteiger partial charge in [-0.1, -0.05) is 67.6 Å². The first-order valence-electron chi connectivity index (χ1n) is 9.62. The highest BCUT2D eigenvalue weighted by Gasteiger charge is 2.28. The van der Waals surface area contributed by atoms with Gasteiger partial charge in [-0.05, 0) is 41.9 Å². The maximum Gasteiger partial charge on any atom is 0.237 e. The Morgan fingerprint density at radius 1 is 1.11 bits per heavy atom. The van der Waals surface area contributed by atoms with Crippen LogP contribution < -0.4 is 5.32 Å². The van der Waals surface area contributed by atoms with Crippen molar-refractivity contribution in [1.29, 1.82) is 5.26 Å². The Morgan fingerprint density at radius 2 is 1.71 bits per heavy atom. The number of nitrogens with zero attached hydrogens (tertiary/aromatic N) is 1. The summed E-state index contributed by atoms with van der Waals surface area (Å²) in [5, 5.41) is 13.5. The predicted octanol–water partition coefficient (Wildman–Crippen LogP) is 5.52. The fraction of sp³-hybridized carbons (Fsp3) is 0.250. The average molecular weight is 387 g/mol. The van der Waals surface area contributed by atoms with Crippen LogP contribution in [0.25, 0.3) is 0 Å². The lowest BCUT2D eigenvalue weighted by Crippen LogP contribution is -2.22. The van der Waals surface area contributed by atoms with Gasteiger partial charge >= 0.3 is 0 Å². The molecule has 0 saturated carbocycles. The second-order valence-electron chi connectivity index (χ2n) is 7.41. The van der Waals surface area contributed by atoms with Crippen LogP contribution in [0.1, 0.15) is 46.4 Å². The highest BCUT2D eigenvalue weighted by molar-refractivity contribution is 7.16. The molecular weight excluding hydrogens is 364 g/mol. The van der Waals surface area contributed by atoms with Crippen LogP contribution in [-0.4, -0.2) is 5.91 Å². The summed E-state index contributed by atoms with van der Waals surface area (Å²) in [6.45, 7) is 2.24. The number of hydrogen-bond donors (Lipinski definition) is 1. The molecule has 0 aliphatic heterocycles. The number of rotatable bonds is 4. The highest BCUT2D eigenvalue weighted by Crippen LogP contribution is 2.40. The van der Waals surface area contributed by atoms with Crippen molar-refractivity contribution < 1.29 is 4.79 Å². The van der Waals surface area contributed by atoms with Gasteiger partial charge in [0.1, 0.15) is 11.1 Å². The summed E-state index contributed by atoms with van der Waals surface area (Å²) in [6, 6.07) is 21.9. The van der Waals surface area contributed by atoms with Gasteiger partial charge in [-0.3, -0.25) is 4.79 Å². The lowest BCUT2D eigenvalue weighted by atomic mass is 9.88. The van der Waals surface area contributed by atoms with Crippen LogP contribution in [0.5, 0.6) is 0 Å². The molecule has 1 N–H and O–H groups in total. The molecule has 1 amide bonds. The molecule has 140 valence electrons. The van der Waals surface area contributed by atoms with Crippen molar-refractivity contribution in [3.63, 3.8) is 0 Å². The molecule has 3 aromatic rings. The molecule has 0 radical (unpaired) electrons. The molecule has 2 aromatic carbocycles. The fourth-order valence-electron chi connectivity index (χ4n) is 3.93. The first-order valence-corrected chi connectivity index (χ1v) is 10.4. The van der Waals surface area contributed by atoms with E-state index in [0.29, 0.717) is 16.5 Å². The molecule has 1 aliphatic rings. The Kier molecular flexibility index (Phi) is 5.27.